The van der Waals surface area contributed by atoms with E-state index in [1.54, 1.807) is 12.3 Å². The minimum Gasteiger partial charge on any atom is -0.487 e. The van der Waals surface area contributed by atoms with Gasteiger partial charge in [-0.3, -0.25) is 4.98 Å². The van der Waals surface area contributed by atoms with Crippen molar-refractivity contribution in [2.45, 2.75) is 25.2 Å². The number of aromatic nitrogens is 2. The molecule has 1 aliphatic heterocycles. The van der Waals surface area contributed by atoms with E-state index in [4.69, 9.17) is 4.74 Å². The van der Waals surface area contributed by atoms with E-state index in [2.05, 4.69) is 15.3 Å². The van der Waals surface area contributed by atoms with Gasteiger partial charge in [-0.2, -0.15) is 0 Å². The van der Waals surface area contributed by atoms with Crippen molar-refractivity contribution in [3.05, 3.63) is 84.1 Å². The third-order valence-electron chi connectivity index (χ3n) is 5.19. The fraction of sp³-hybridized carbons (Fsp3) is 0.304. The highest BCUT2D eigenvalue weighted by Gasteiger charge is 2.36. The number of aliphatic hydroxyl groups is 1. The molecule has 0 spiro atoms. The van der Waals surface area contributed by atoms with Gasteiger partial charge in [-0.25, -0.2) is 9.37 Å². The Morgan fingerprint density at radius 2 is 1.97 bits per heavy atom. The first-order chi connectivity index (χ1) is 14.6. The smallest absolute Gasteiger partial charge is 0.141 e. The molecule has 0 radical (unpaired) electrons. The summed E-state index contributed by atoms with van der Waals surface area (Å²) in [6.45, 7) is 2.73. The molecule has 1 atom stereocenters. The van der Waals surface area contributed by atoms with Gasteiger partial charge in [-0.1, -0.05) is 18.2 Å². The first-order valence-corrected chi connectivity index (χ1v) is 10.0. The summed E-state index contributed by atoms with van der Waals surface area (Å²) in [5.74, 6) is 1.12. The molecule has 1 saturated heterocycles. The SMILES string of the molecule is OC1(CNCc2ccc(OCc3ccccn3)cc2)CCN(c2ccc(F)cn2)C1. The van der Waals surface area contributed by atoms with E-state index >= 15 is 0 Å². The van der Waals surface area contributed by atoms with E-state index < -0.39 is 5.60 Å². The maximum atomic E-state index is 13.0. The molecule has 3 aromatic rings. The Morgan fingerprint density at radius 3 is 2.70 bits per heavy atom. The van der Waals surface area contributed by atoms with E-state index in [1.165, 1.54) is 12.3 Å². The summed E-state index contributed by atoms with van der Waals surface area (Å²) in [5, 5.41) is 14.2. The summed E-state index contributed by atoms with van der Waals surface area (Å²) >= 11 is 0. The molecule has 30 heavy (non-hydrogen) atoms. The molecule has 0 amide bonds. The van der Waals surface area contributed by atoms with Gasteiger partial charge in [0.05, 0.1) is 17.5 Å². The van der Waals surface area contributed by atoms with E-state index in [0.717, 1.165) is 17.0 Å². The number of hydrogen-bond donors (Lipinski definition) is 2. The third-order valence-corrected chi connectivity index (χ3v) is 5.19. The Bertz CT molecular complexity index is 938. The van der Waals surface area contributed by atoms with Crippen molar-refractivity contribution >= 4 is 5.82 Å². The molecule has 156 valence electrons. The highest BCUT2D eigenvalue weighted by Crippen LogP contribution is 2.25. The number of ether oxygens (including phenoxy) is 1. The van der Waals surface area contributed by atoms with Crippen LogP contribution in [0.2, 0.25) is 0 Å². The number of benzene rings is 1. The second kappa shape index (κ2) is 9.19. The number of nitrogens with one attached hydrogen (secondary N) is 1. The zero-order valence-corrected chi connectivity index (χ0v) is 16.7. The van der Waals surface area contributed by atoms with Crippen molar-refractivity contribution in [1.29, 1.82) is 0 Å². The van der Waals surface area contributed by atoms with Crippen LogP contribution in [0.3, 0.4) is 0 Å². The summed E-state index contributed by atoms with van der Waals surface area (Å²) in [6, 6.07) is 16.7. The lowest BCUT2D eigenvalue weighted by Gasteiger charge is -2.24. The Labute approximate surface area is 175 Å². The lowest BCUT2D eigenvalue weighted by atomic mass is 10.0. The monoisotopic (exact) mass is 408 g/mol. The Kier molecular flexibility index (Phi) is 6.21. The van der Waals surface area contributed by atoms with Gasteiger partial charge in [0.15, 0.2) is 0 Å². The normalized spacial score (nSPS) is 18.5. The van der Waals surface area contributed by atoms with Gasteiger partial charge in [0.25, 0.3) is 0 Å². The lowest BCUT2D eigenvalue weighted by molar-refractivity contribution is 0.0626. The van der Waals surface area contributed by atoms with Crippen molar-refractivity contribution < 1.29 is 14.2 Å². The average Bonchev–Trinajstić information content (AvgIpc) is 3.16. The van der Waals surface area contributed by atoms with Gasteiger partial charge >= 0.3 is 0 Å². The maximum Gasteiger partial charge on any atom is 0.141 e. The molecule has 2 aromatic heterocycles. The molecular weight excluding hydrogens is 383 g/mol. The maximum absolute atomic E-state index is 13.0. The molecule has 7 heteroatoms. The molecule has 6 nitrogen and oxygen atoms in total. The molecular formula is C23H25FN4O2. The summed E-state index contributed by atoms with van der Waals surface area (Å²) in [7, 11) is 0. The largest absolute Gasteiger partial charge is 0.487 e. The van der Waals surface area contributed by atoms with E-state index in [9.17, 15) is 9.50 Å². The van der Waals surface area contributed by atoms with Crippen LogP contribution in [0.5, 0.6) is 5.75 Å². The van der Waals surface area contributed by atoms with Crippen LogP contribution in [0.1, 0.15) is 17.7 Å². The quantitative estimate of drug-likeness (QED) is 0.597. The molecule has 4 rings (SSSR count). The summed E-state index contributed by atoms with van der Waals surface area (Å²) in [5.41, 5.74) is 1.17. The van der Waals surface area contributed by atoms with Crippen LogP contribution in [-0.4, -0.2) is 40.3 Å². The van der Waals surface area contributed by atoms with Gasteiger partial charge in [-0.15, -0.1) is 0 Å². The predicted octanol–water partition coefficient (Wildman–Crippen LogP) is 2.93. The minimum atomic E-state index is -0.832. The molecule has 2 N–H and O–H groups in total. The molecule has 1 unspecified atom stereocenters. The van der Waals surface area contributed by atoms with Crippen molar-refractivity contribution in [1.82, 2.24) is 15.3 Å². The number of rotatable bonds is 8. The first-order valence-electron chi connectivity index (χ1n) is 10.0. The number of β-amino-alcohol motifs (C(OH)–C–C–N with tert-alkyl or cyclic N) is 1. The highest BCUT2D eigenvalue weighted by atomic mass is 19.1. The van der Waals surface area contributed by atoms with E-state index in [0.29, 0.717) is 45.0 Å². The zero-order chi connectivity index (χ0) is 20.8. The van der Waals surface area contributed by atoms with Crippen LogP contribution in [-0.2, 0) is 13.2 Å². The Balaban J connectivity index is 1.22. The molecule has 1 fully saturated rings. The third kappa shape index (κ3) is 5.31. The topological polar surface area (TPSA) is 70.5 Å². The lowest BCUT2D eigenvalue weighted by Crippen LogP contribution is -2.43. The second-order valence-corrected chi connectivity index (χ2v) is 7.59. The van der Waals surface area contributed by atoms with Crippen molar-refractivity contribution in [3.63, 3.8) is 0 Å². The van der Waals surface area contributed by atoms with E-state index in [1.807, 2.05) is 47.4 Å². The fourth-order valence-electron chi connectivity index (χ4n) is 3.54. The first kappa shape index (κ1) is 20.3. The molecule has 0 bridgehead atoms. The second-order valence-electron chi connectivity index (χ2n) is 7.59. The fourth-order valence-corrected chi connectivity index (χ4v) is 3.54. The van der Waals surface area contributed by atoms with Gasteiger partial charge in [-0.05, 0) is 48.4 Å². The van der Waals surface area contributed by atoms with Crippen LogP contribution < -0.4 is 15.0 Å². The van der Waals surface area contributed by atoms with Crippen LogP contribution >= 0.6 is 0 Å². The van der Waals surface area contributed by atoms with Crippen molar-refractivity contribution in [3.8, 4) is 5.75 Å². The Morgan fingerprint density at radius 1 is 1.10 bits per heavy atom. The van der Waals surface area contributed by atoms with Gasteiger partial charge in [0.1, 0.15) is 24.0 Å². The van der Waals surface area contributed by atoms with Crippen LogP contribution in [0.25, 0.3) is 0 Å². The molecule has 1 aromatic carbocycles. The standard InChI is InChI=1S/C23H25FN4O2/c24-19-6-9-22(27-14-19)28-12-10-23(29,17-28)16-25-13-18-4-7-21(8-5-18)30-15-20-3-1-2-11-26-20/h1-9,11,14,25,29H,10,12-13,15-17H2. The van der Waals surface area contributed by atoms with Gasteiger partial charge in [0.2, 0.25) is 0 Å². The summed E-state index contributed by atoms with van der Waals surface area (Å²) in [6.07, 6.45) is 3.59. The number of halogens is 1. The van der Waals surface area contributed by atoms with Crippen LogP contribution in [0, 0.1) is 5.82 Å². The molecule has 0 saturated carbocycles. The molecule has 3 heterocycles. The van der Waals surface area contributed by atoms with Gasteiger partial charge < -0.3 is 20.1 Å². The highest BCUT2D eigenvalue weighted by molar-refractivity contribution is 5.40. The van der Waals surface area contributed by atoms with Crippen molar-refractivity contribution in [2.75, 3.05) is 24.5 Å². The number of pyridine rings is 2. The summed E-state index contributed by atoms with van der Waals surface area (Å²) < 4.78 is 18.8. The number of anilines is 1. The van der Waals surface area contributed by atoms with Crippen LogP contribution in [0.15, 0.2) is 67.0 Å². The minimum absolute atomic E-state index is 0.358. The van der Waals surface area contributed by atoms with Crippen LogP contribution in [0.4, 0.5) is 10.2 Å². The number of hydrogen-bond acceptors (Lipinski definition) is 6. The predicted molar refractivity (Wildman–Crippen MR) is 113 cm³/mol. The average molecular weight is 408 g/mol. The molecule has 0 aliphatic carbocycles. The molecule has 1 aliphatic rings. The van der Waals surface area contributed by atoms with Gasteiger partial charge in [0, 0.05) is 32.4 Å². The summed E-state index contributed by atoms with van der Waals surface area (Å²) in [4.78, 5) is 10.3. The Hall–Kier alpha value is -3.03. The number of nitrogens with zero attached hydrogens (tertiary/aromatic N) is 3. The zero-order valence-electron chi connectivity index (χ0n) is 16.7. The van der Waals surface area contributed by atoms with Crippen molar-refractivity contribution in [2.24, 2.45) is 0 Å². The van der Waals surface area contributed by atoms with E-state index in [-0.39, 0.29) is 5.82 Å².